The minimum atomic E-state index is -0.522. The van der Waals surface area contributed by atoms with Gasteiger partial charge in [-0.15, -0.1) is 11.3 Å². The third-order valence-electron chi connectivity index (χ3n) is 4.71. The lowest BCUT2D eigenvalue weighted by Crippen LogP contribution is -2.35. The van der Waals surface area contributed by atoms with Crippen molar-refractivity contribution in [3.8, 4) is 0 Å². The summed E-state index contributed by atoms with van der Waals surface area (Å²) in [6.45, 7) is 5.91. The normalized spacial score (nSPS) is 11.9. The number of benzene rings is 1. The summed E-state index contributed by atoms with van der Waals surface area (Å²) in [5.74, 6) is -0.433. The molecule has 156 valence electrons. The Morgan fingerprint density at radius 1 is 1.10 bits per heavy atom. The van der Waals surface area contributed by atoms with Crippen molar-refractivity contribution >= 4 is 28.3 Å². The molecule has 1 aromatic carbocycles. The van der Waals surface area contributed by atoms with Gasteiger partial charge in [0.05, 0.1) is 6.04 Å². The van der Waals surface area contributed by atoms with Gasteiger partial charge in [0.25, 0.3) is 11.5 Å². The molecule has 0 aliphatic heterocycles. The summed E-state index contributed by atoms with van der Waals surface area (Å²) in [6, 6.07) is 10.8. The fourth-order valence-electron chi connectivity index (χ4n) is 2.96. The Hall–Kier alpha value is -3.26. The van der Waals surface area contributed by atoms with Crippen molar-refractivity contribution in [3.05, 3.63) is 81.2 Å². The van der Waals surface area contributed by atoms with E-state index in [1.807, 2.05) is 31.2 Å². The van der Waals surface area contributed by atoms with Gasteiger partial charge in [-0.25, -0.2) is 4.98 Å². The average Bonchev–Trinajstić information content (AvgIpc) is 3.22. The third kappa shape index (κ3) is 5.21. The molecule has 0 saturated heterocycles. The zero-order valence-corrected chi connectivity index (χ0v) is 17.9. The van der Waals surface area contributed by atoms with E-state index >= 15 is 0 Å². The Labute approximate surface area is 178 Å². The smallest absolute Gasteiger partial charge is 0.263 e. The van der Waals surface area contributed by atoms with Crippen LogP contribution in [0.3, 0.4) is 0 Å². The van der Waals surface area contributed by atoms with Crippen LogP contribution in [0.1, 0.15) is 54.2 Å². The van der Waals surface area contributed by atoms with Crippen LogP contribution in [-0.2, 0) is 11.3 Å². The van der Waals surface area contributed by atoms with Crippen LogP contribution >= 0.6 is 11.3 Å². The quantitative estimate of drug-likeness (QED) is 0.606. The second-order valence-corrected chi connectivity index (χ2v) is 8.15. The van der Waals surface area contributed by atoms with E-state index in [9.17, 15) is 14.4 Å². The summed E-state index contributed by atoms with van der Waals surface area (Å²) in [4.78, 5) is 41.5. The molecule has 8 heteroatoms. The summed E-state index contributed by atoms with van der Waals surface area (Å²) >= 11 is 1.29. The largest absolute Gasteiger partial charge is 0.345 e. The molecule has 1 atom stereocenters. The van der Waals surface area contributed by atoms with Crippen LogP contribution in [0.15, 0.2) is 59.0 Å². The molecule has 0 radical (unpaired) electrons. The molecular formula is C22H24N4O3S. The van der Waals surface area contributed by atoms with Gasteiger partial charge in [-0.1, -0.05) is 38.1 Å². The molecule has 30 heavy (non-hydrogen) atoms. The van der Waals surface area contributed by atoms with Gasteiger partial charge in [0.2, 0.25) is 5.91 Å². The van der Waals surface area contributed by atoms with Crippen LogP contribution in [0.5, 0.6) is 0 Å². The maximum Gasteiger partial charge on any atom is 0.263 e. The first-order valence-electron chi connectivity index (χ1n) is 9.64. The zero-order valence-electron chi connectivity index (χ0n) is 17.1. The predicted octanol–water partition coefficient (Wildman–Crippen LogP) is 3.56. The van der Waals surface area contributed by atoms with Gasteiger partial charge in [-0.2, -0.15) is 0 Å². The summed E-state index contributed by atoms with van der Waals surface area (Å²) in [5.41, 5.74) is 1.64. The topological polar surface area (TPSA) is 93.1 Å². The number of rotatable bonds is 7. The summed E-state index contributed by atoms with van der Waals surface area (Å²) < 4.78 is 1.21. The number of aromatic nitrogens is 2. The third-order valence-corrected chi connectivity index (χ3v) is 5.40. The number of carbonyl (C=O) groups excluding carboxylic acids is 2. The van der Waals surface area contributed by atoms with Crippen LogP contribution in [0, 0.1) is 0 Å². The minimum Gasteiger partial charge on any atom is -0.345 e. The highest BCUT2D eigenvalue weighted by atomic mass is 32.1. The van der Waals surface area contributed by atoms with Gasteiger partial charge in [-0.3, -0.25) is 14.4 Å². The number of nitrogens with zero attached hydrogens (tertiary/aromatic N) is 2. The lowest BCUT2D eigenvalue weighted by molar-refractivity contribution is -0.116. The Morgan fingerprint density at radius 2 is 1.80 bits per heavy atom. The number of anilines is 1. The van der Waals surface area contributed by atoms with Crippen LogP contribution in [0.25, 0.3) is 0 Å². The number of nitrogens with one attached hydrogen (secondary N) is 2. The molecule has 3 rings (SSSR count). The Balaban J connectivity index is 1.69. The summed E-state index contributed by atoms with van der Waals surface area (Å²) in [6.07, 6.45) is 3.06. The predicted molar refractivity (Wildman–Crippen MR) is 118 cm³/mol. The first-order chi connectivity index (χ1) is 14.3. The van der Waals surface area contributed by atoms with Gasteiger partial charge < -0.3 is 15.2 Å². The standard InChI is InChI=1S/C22H24N4O3S/c1-14(2)16-6-8-17(9-7-16)15(3)24-20(28)18-5-4-11-26(21(18)29)13-19(27)25-22-23-10-12-30-22/h4-12,14-15H,13H2,1-3H3,(H,24,28)(H,23,25,27)/t15-/m0/s1. The van der Waals surface area contributed by atoms with Crippen molar-refractivity contribution in [2.24, 2.45) is 0 Å². The first kappa shape index (κ1) is 21.4. The lowest BCUT2D eigenvalue weighted by atomic mass is 9.99. The number of thiazole rings is 1. The number of hydrogen-bond acceptors (Lipinski definition) is 5. The molecule has 0 fully saturated rings. The minimum absolute atomic E-state index is 0.00907. The number of amides is 2. The maximum atomic E-state index is 12.7. The molecule has 7 nitrogen and oxygen atoms in total. The molecule has 0 aliphatic rings. The van der Waals surface area contributed by atoms with Crippen LogP contribution in [0.2, 0.25) is 0 Å². The van der Waals surface area contributed by atoms with E-state index in [2.05, 4.69) is 29.5 Å². The summed E-state index contributed by atoms with van der Waals surface area (Å²) in [5, 5.41) is 7.68. The van der Waals surface area contributed by atoms with Crippen molar-refractivity contribution in [1.82, 2.24) is 14.9 Å². The Morgan fingerprint density at radius 3 is 2.43 bits per heavy atom. The van der Waals surface area contributed by atoms with Crippen LogP contribution in [-0.4, -0.2) is 21.4 Å². The van der Waals surface area contributed by atoms with E-state index in [1.54, 1.807) is 17.6 Å². The van der Waals surface area contributed by atoms with E-state index in [0.717, 1.165) is 5.56 Å². The Bertz CT molecular complexity index is 1070. The molecule has 0 bridgehead atoms. The van der Waals surface area contributed by atoms with Gasteiger partial charge in [0.15, 0.2) is 5.13 Å². The van der Waals surface area contributed by atoms with E-state index in [-0.39, 0.29) is 24.1 Å². The molecule has 0 spiro atoms. The lowest BCUT2D eigenvalue weighted by Gasteiger charge is -2.16. The fourth-order valence-corrected chi connectivity index (χ4v) is 3.51. The van der Waals surface area contributed by atoms with E-state index in [4.69, 9.17) is 0 Å². The first-order valence-corrected chi connectivity index (χ1v) is 10.5. The molecule has 0 saturated carbocycles. The van der Waals surface area contributed by atoms with Crippen molar-refractivity contribution in [3.63, 3.8) is 0 Å². The SMILES string of the molecule is CC(C)c1ccc([C@H](C)NC(=O)c2cccn(CC(=O)Nc3nccs3)c2=O)cc1. The molecule has 2 heterocycles. The van der Waals surface area contributed by atoms with Gasteiger partial charge in [-0.05, 0) is 36.1 Å². The van der Waals surface area contributed by atoms with Crippen molar-refractivity contribution in [2.75, 3.05) is 5.32 Å². The van der Waals surface area contributed by atoms with Gasteiger partial charge in [0, 0.05) is 17.8 Å². The molecular weight excluding hydrogens is 400 g/mol. The number of carbonyl (C=O) groups is 2. The maximum absolute atomic E-state index is 12.7. The molecule has 3 aromatic rings. The highest BCUT2D eigenvalue weighted by Crippen LogP contribution is 2.18. The van der Waals surface area contributed by atoms with Gasteiger partial charge in [0.1, 0.15) is 12.1 Å². The van der Waals surface area contributed by atoms with Crippen molar-refractivity contribution in [1.29, 1.82) is 0 Å². The average molecular weight is 425 g/mol. The molecule has 0 unspecified atom stereocenters. The molecule has 0 aliphatic carbocycles. The van der Waals surface area contributed by atoms with Crippen LogP contribution < -0.4 is 16.2 Å². The summed E-state index contributed by atoms with van der Waals surface area (Å²) in [7, 11) is 0. The second kappa shape index (κ2) is 9.49. The van der Waals surface area contributed by atoms with E-state index in [0.29, 0.717) is 11.0 Å². The van der Waals surface area contributed by atoms with Crippen LogP contribution in [0.4, 0.5) is 5.13 Å². The van der Waals surface area contributed by atoms with Gasteiger partial charge >= 0.3 is 0 Å². The number of pyridine rings is 1. The molecule has 2 aromatic heterocycles. The van der Waals surface area contributed by atoms with Crippen molar-refractivity contribution in [2.45, 2.75) is 39.3 Å². The highest BCUT2D eigenvalue weighted by Gasteiger charge is 2.17. The molecule has 2 N–H and O–H groups in total. The number of hydrogen-bond donors (Lipinski definition) is 2. The molecule has 2 amide bonds. The zero-order chi connectivity index (χ0) is 21.7. The highest BCUT2D eigenvalue weighted by molar-refractivity contribution is 7.13. The second-order valence-electron chi connectivity index (χ2n) is 7.26. The van der Waals surface area contributed by atoms with Crippen molar-refractivity contribution < 1.29 is 9.59 Å². The monoisotopic (exact) mass is 424 g/mol. The van der Waals surface area contributed by atoms with E-state index in [1.165, 1.54) is 33.7 Å². The van der Waals surface area contributed by atoms with E-state index < -0.39 is 11.5 Å². The fraction of sp³-hybridized carbons (Fsp3) is 0.273. The Kier molecular flexibility index (Phi) is 6.79.